The second kappa shape index (κ2) is 5.15. The number of carbonyl (C=O) groups excluding carboxylic acids is 1. The zero-order chi connectivity index (χ0) is 14.4. The Morgan fingerprint density at radius 2 is 2.20 bits per heavy atom. The molecule has 3 rings (SSSR count). The molecule has 2 heterocycles. The van der Waals surface area contributed by atoms with Crippen LogP contribution in [0.1, 0.15) is 46.8 Å². The van der Waals surface area contributed by atoms with E-state index in [0.717, 1.165) is 34.2 Å². The normalized spacial score (nSPS) is 21.8. The Morgan fingerprint density at radius 1 is 1.45 bits per heavy atom. The molecule has 1 unspecified atom stereocenters. The van der Waals surface area contributed by atoms with Gasteiger partial charge >= 0.3 is 5.97 Å². The van der Waals surface area contributed by atoms with Crippen molar-refractivity contribution in [1.29, 1.82) is 0 Å². The maximum atomic E-state index is 11.7. The molecule has 0 spiro atoms. The lowest BCUT2D eigenvalue weighted by Crippen LogP contribution is -2.16. The standard InChI is InChI=1S/C14H14Br2N2O2/c1-7-3-4-9(15)13-17-11-6-8(14(19)20-2)5-10(16)12(11)18(7)13/h5-7,9H,3-4H2,1-2H3/t7-,9?/m1/s1. The molecule has 2 aromatic rings. The molecule has 0 N–H and O–H groups in total. The first-order valence-corrected chi connectivity index (χ1v) is 8.17. The van der Waals surface area contributed by atoms with Crippen LogP contribution < -0.4 is 0 Å². The number of fused-ring (bicyclic) bond motifs is 3. The van der Waals surface area contributed by atoms with E-state index >= 15 is 0 Å². The minimum Gasteiger partial charge on any atom is -0.465 e. The predicted molar refractivity (Wildman–Crippen MR) is 84.4 cm³/mol. The van der Waals surface area contributed by atoms with Crippen molar-refractivity contribution in [3.63, 3.8) is 0 Å². The molecule has 20 heavy (non-hydrogen) atoms. The summed E-state index contributed by atoms with van der Waals surface area (Å²) in [7, 11) is 1.38. The van der Waals surface area contributed by atoms with Gasteiger partial charge in [0.05, 0.1) is 28.5 Å². The van der Waals surface area contributed by atoms with Crippen LogP contribution in [0.2, 0.25) is 0 Å². The molecule has 4 nitrogen and oxygen atoms in total. The molecule has 2 atom stereocenters. The maximum Gasteiger partial charge on any atom is 0.337 e. The van der Waals surface area contributed by atoms with Gasteiger partial charge in [0.15, 0.2) is 0 Å². The number of rotatable bonds is 1. The third-order valence-electron chi connectivity index (χ3n) is 3.75. The first-order chi connectivity index (χ1) is 9.52. The lowest BCUT2D eigenvalue weighted by molar-refractivity contribution is 0.0601. The van der Waals surface area contributed by atoms with Crippen molar-refractivity contribution in [2.75, 3.05) is 7.11 Å². The molecule has 0 radical (unpaired) electrons. The van der Waals surface area contributed by atoms with E-state index in [9.17, 15) is 4.79 Å². The summed E-state index contributed by atoms with van der Waals surface area (Å²) in [6.07, 6.45) is 2.19. The molecule has 1 aromatic carbocycles. The van der Waals surface area contributed by atoms with Gasteiger partial charge in [-0.25, -0.2) is 9.78 Å². The Bertz CT molecular complexity index is 696. The number of nitrogens with zero attached hydrogens (tertiary/aromatic N) is 2. The molecule has 0 saturated carbocycles. The van der Waals surface area contributed by atoms with Gasteiger partial charge in [-0.05, 0) is 47.8 Å². The summed E-state index contributed by atoms with van der Waals surface area (Å²) in [5.74, 6) is 0.684. The van der Waals surface area contributed by atoms with Crippen LogP contribution in [0.25, 0.3) is 11.0 Å². The van der Waals surface area contributed by atoms with Crippen molar-refractivity contribution in [2.24, 2.45) is 0 Å². The predicted octanol–water partition coefficient (Wildman–Crippen LogP) is 4.38. The maximum absolute atomic E-state index is 11.7. The summed E-state index contributed by atoms with van der Waals surface area (Å²) >= 11 is 7.26. The van der Waals surface area contributed by atoms with Gasteiger partial charge in [0.2, 0.25) is 0 Å². The van der Waals surface area contributed by atoms with E-state index in [-0.39, 0.29) is 10.8 Å². The minimum atomic E-state index is -0.345. The quantitative estimate of drug-likeness (QED) is 0.526. The lowest BCUT2D eigenvalue weighted by Gasteiger charge is -2.26. The van der Waals surface area contributed by atoms with Gasteiger partial charge in [0, 0.05) is 10.5 Å². The third kappa shape index (κ3) is 2.09. The molecule has 0 fully saturated rings. The topological polar surface area (TPSA) is 44.1 Å². The van der Waals surface area contributed by atoms with Crippen LogP contribution in [0.3, 0.4) is 0 Å². The molecule has 0 aliphatic carbocycles. The Balaban J connectivity index is 2.27. The Kier molecular flexibility index (Phi) is 3.62. The van der Waals surface area contributed by atoms with Gasteiger partial charge in [-0.3, -0.25) is 0 Å². The van der Waals surface area contributed by atoms with Gasteiger partial charge in [0.25, 0.3) is 0 Å². The van der Waals surface area contributed by atoms with E-state index in [1.165, 1.54) is 7.11 Å². The van der Waals surface area contributed by atoms with Crippen molar-refractivity contribution in [1.82, 2.24) is 9.55 Å². The Hall–Kier alpha value is -0.880. The molecule has 106 valence electrons. The van der Waals surface area contributed by atoms with Crippen LogP contribution in [0, 0.1) is 0 Å². The van der Waals surface area contributed by atoms with Crippen LogP contribution in [0.5, 0.6) is 0 Å². The number of alkyl halides is 1. The molecule has 6 heteroatoms. The van der Waals surface area contributed by atoms with E-state index in [4.69, 9.17) is 9.72 Å². The summed E-state index contributed by atoms with van der Waals surface area (Å²) in [5, 5.41) is 0. The zero-order valence-electron chi connectivity index (χ0n) is 11.2. The van der Waals surface area contributed by atoms with E-state index in [0.29, 0.717) is 11.6 Å². The number of carbonyl (C=O) groups is 1. The van der Waals surface area contributed by atoms with Crippen LogP contribution in [-0.4, -0.2) is 22.6 Å². The molecule has 0 amide bonds. The van der Waals surface area contributed by atoms with Gasteiger partial charge in [-0.1, -0.05) is 15.9 Å². The van der Waals surface area contributed by atoms with Gasteiger partial charge in [0.1, 0.15) is 5.82 Å². The highest BCUT2D eigenvalue weighted by Gasteiger charge is 2.28. The number of methoxy groups -OCH3 is 1. The van der Waals surface area contributed by atoms with Crippen LogP contribution >= 0.6 is 31.9 Å². The van der Waals surface area contributed by atoms with E-state index in [2.05, 4.69) is 43.4 Å². The van der Waals surface area contributed by atoms with Crippen LogP contribution in [0.15, 0.2) is 16.6 Å². The van der Waals surface area contributed by atoms with Crippen molar-refractivity contribution in [3.05, 3.63) is 28.0 Å². The fraction of sp³-hybridized carbons (Fsp3) is 0.429. The number of hydrogen-bond donors (Lipinski definition) is 0. The number of aromatic nitrogens is 2. The smallest absolute Gasteiger partial charge is 0.337 e. The molecule has 1 aliphatic rings. The fourth-order valence-electron chi connectivity index (χ4n) is 2.75. The lowest BCUT2D eigenvalue weighted by atomic mass is 10.1. The molecule has 1 aromatic heterocycles. The molecular weight excluding hydrogens is 388 g/mol. The number of ether oxygens (including phenoxy) is 1. The first kappa shape index (κ1) is 14.1. The summed E-state index contributed by atoms with van der Waals surface area (Å²) in [6, 6.07) is 4.00. The number of imidazole rings is 1. The van der Waals surface area contributed by atoms with Crippen molar-refractivity contribution < 1.29 is 9.53 Å². The minimum absolute atomic E-state index is 0.263. The monoisotopic (exact) mass is 400 g/mol. The highest BCUT2D eigenvalue weighted by molar-refractivity contribution is 9.10. The molecular formula is C14H14Br2N2O2. The Morgan fingerprint density at radius 3 is 2.90 bits per heavy atom. The number of hydrogen-bond acceptors (Lipinski definition) is 3. The van der Waals surface area contributed by atoms with E-state index in [1.54, 1.807) is 12.1 Å². The second-order valence-electron chi connectivity index (χ2n) is 5.05. The summed E-state index contributed by atoms with van der Waals surface area (Å²) in [5.41, 5.74) is 2.39. The fourth-order valence-corrected chi connectivity index (χ4v) is 3.98. The number of halogens is 2. The average molecular weight is 402 g/mol. The molecule has 1 aliphatic heterocycles. The second-order valence-corrected chi connectivity index (χ2v) is 7.01. The van der Waals surface area contributed by atoms with Crippen LogP contribution in [0.4, 0.5) is 0 Å². The van der Waals surface area contributed by atoms with Crippen molar-refractivity contribution in [3.8, 4) is 0 Å². The largest absolute Gasteiger partial charge is 0.465 e. The van der Waals surface area contributed by atoms with Crippen LogP contribution in [-0.2, 0) is 4.74 Å². The van der Waals surface area contributed by atoms with Crippen molar-refractivity contribution in [2.45, 2.75) is 30.6 Å². The highest BCUT2D eigenvalue weighted by atomic mass is 79.9. The average Bonchev–Trinajstić information content (AvgIpc) is 2.83. The first-order valence-electron chi connectivity index (χ1n) is 6.46. The number of esters is 1. The Labute approximate surface area is 133 Å². The molecule has 0 saturated heterocycles. The summed E-state index contributed by atoms with van der Waals surface area (Å²) in [4.78, 5) is 16.7. The highest BCUT2D eigenvalue weighted by Crippen LogP contribution is 2.41. The summed E-state index contributed by atoms with van der Waals surface area (Å²) in [6.45, 7) is 2.20. The SMILES string of the molecule is COC(=O)c1cc(Br)c2c(c1)nc1n2[C@H](C)CCC1Br. The molecule has 0 bridgehead atoms. The number of benzene rings is 1. The summed E-state index contributed by atoms with van der Waals surface area (Å²) < 4.78 is 7.91. The van der Waals surface area contributed by atoms with E-state index < -0.39 is 0 Å². The zero-order valence-corrected chi connectivity index (χ0v) is 14.4. The van der Waals surface area contributed by atoms with E-state index in [1.807, 2.05) is 0 Å². The van der Waals surface area contributed by atoms with Crippen molar-refractivity contribution >= 4 is 48.9 Å². The van der Waals surface area contributed by atoms with Gasteiger partial charge in [-0.2, -0.15) is 0 Å². The van der Waals surface area contributed by atoms with Gasteiger partial charge in [-0.15, -0.1) is 0 Å². The third-order valence-corrected chi connectivity index (χ3v) is 5.22. The van der Waals surface area contributed by atoms with Gasteiger partial charge < -0.3 is 9.30 Å².